The van der Waals surface area contributed by atoms with Crippen LogP contribution in [0.25, 0.3) is 0 Å². The molecule has 0 aliphatic carbocycles. The summed E-state index contributed by atoms with van der Waals surface area (Å²) in [7, 11) is 1.73. The normalized spacial score (nSPS) is 19.4. The van der Waals surface area contributed by atoms with Crippen LogP contribution in [-0.4, -0.2) is 73.4 Å². The van der Waals surface area contributed by atoms with Crippen LogP contribution in [0.3, 0.4) is 0 Å². The molecule has 0 radical (unpaired) electrons. The first-order chi connectivity index (χ1) is 9.70. The Kier molecular flexibility index (Phi) is 6.84. The predicted molar refractivity (Wildman–Crippen MR) is 84.1 cm³/mol. The molecular formula is C16H30N2O3. The van der Waals surface area contributed by atoms with Gasteiger partial charge in [-0.05, 0) is 12.3 Å². The van der Waals surface area contributed by atoms with Crippen molar-refractivity contribution >= 4 is 5.91 Å². The molecule has 1 aliphatic rings. The largest absolute Gasteiger partial charge is 0.390 e. The molecular weight excluding hydrogens is 268 g/mol. The van der Waals surface area contributed by atoms with E-state index >= 15 is 0 Å². The molecule has 0 spiro atoms. The van der Waals surface area contributed by atoms with Crippen molar-refractivity contribution in [3.05, 3.63) is 11.6 Å². The van der Waals surface area contributed by atoms with E-state index in [1.54, 1.807) is 18.0 Å². The lowest BCUT2D eigenvalue weighted by Crippen LogP contribution is -2.44. The minimum absolute atomic E-state index is 0.0110. The van der Waals surface area contributed by atoms with E-state index in [1.807, 2.05) is 6.92 Å². The first kappa shape index (κ1) is 18.1. The van der Waals surface area contributed by atoms with Gasteiger partial charge in [-0.2, -0.15) is 0 Å². The number of aliphatic hydroxyl groups is 1. The third kappa shape index (κ3) is 6.59. The van der Waals surface area contributed by atoms with Crippen LogP contribution in [0.2, 0.25) is 0 Å². The van der Waals surface area contributed by atoms with Gasteiger partial charge in [0.05, 0.1) is 19.3 Å². The number of aliphatic hydroxyl groups excluding tert-OH is 1. The topological polar surface area (TPSA) is 53.0 Å². The number of amides is 1. The molecule has 1 rings (SSSR count). The van der Waals surface area contributed by atoms with E-state index in [0.717, 1.165) is 31.9 Å². The zero-order valence-electron chi connectivity index (χ0n) is 14.1. The van der Waals surface area contributed by atoms with E-state index in [-0.39, 0.29) is 11.3 Å². The molecule has 1 amide bonds. The molecule has 0 aromatic heterocycles. The SMILES string of the molecule is C/C(=C/C(=O)N(C)CC(O)CN1CCOCC1)C(C)(C)C. The second-order valence-electron chi connectivity index (χ2n) is 6.86. The summed E-state index contributed by atoms with van der Waals surface area (Å²) in [6.07, 6.45) is 1.14. The summed E-state index contributed by atoms with van der Waals surface area (Å²) in [6.45, 7) is 12.3. The number of ether oxygens (including phenoxy) is 1. The number of likely N-dealkylation sites (N-methyl/N-ethyl adjacent to an activating group) is 1. The number of β-amino-alcohol motifs (C(OH)–C–C–N with tert-alkyl or cyclic N) is 1. The quantitative estimate of drug-likeness (QED) is 0.773. The molecule has 1 heterocycles. The van der Waals surface area contributed by atoms with Gasteiger partial charge in [-0.3, -0.25) is 9.69 Å². The van der Waals surface area contributed by atoms with E-state index in [4.69, 9.17) is 4.74 Å². The second kappa shape index (κ2) is 7.92. The fourth-order valence-electron chi connectivity index (χ4n) is 2.06. The van der Waals surface area contributed by atoms with Gasteiger partial charge in [-0.15, -0.1) is 0 Å². The lowest BCUT2D eigenvalue weighted by molar-refractivity contribution is -0.126. The minimum atomic E-state index is -0.527. The van der Waals surface area contributed by atoms with Crippen molar-refractivity contribution < 1.29 is 14.6 Å². The van der Waals surface area contributed by atoms with Crippen LogP contribution >= 0.6 is 0 Å². The first-order valence-corrected chi connectivity index (χ1v) is 7.62. The number of rotatable bonds is 5. The fraction of sp³-hybridized carbons (Fsp3) is 0.812. The highest BCUT2D eigenvalue weighted by Crippen LogP contribution is 2.24. The summed E-state index contributed by atoms with van der Waals surface area (Å²) in [6, 6.07) is 0. The van der Waals surface area contributed by atoms with E-state index in [0.29, 0.717) is 13.1 Å². The maximum atomic E-state index is 12.1. The van der Waals surface area contributed by atoms with Gasteiger partial charge in [-0.25, -0.2) is 0 Å². The Morgan fingerprint density at radius 1 is 1.38 bits per heavy atom. The summed E-state index contributed by atoms with van der Waals surface area (Å²) >= 11 is 0. The van der Waals surface area contributed by atoms with Gasteiger partial charge in [-0.1, -0.05) is 26.3 Å². The maximum Gasteiger partial charge on any atom is 0.246 e. The predicted octanol–water partition coefficient (Wildman–Crippen LogP) is 1.13. The summed E-state index contributed by atoms with van der Waals surface area (Å²) < 4.78 is 5.28. The molecule has 1 fully saturated rings. The monoisotopic (exact) mass is 298 g/mol. The molecule has 1 unspecified atom stereocenters. The number of nitrogens with zero attached hydrogens (tertiary/aromatic N) is 2. The average molecular weight is 298 g/mol. The number of morpholine rings is 1. The summed E-state index contributed by atoms with van der Waals surface area (Å²) in [5, 5.41) is 10.1. The lowest BCUT2D eigenvalue weighted by atomic mass is 9.87. The van der Waals surface area contributed by atoms with Gasteiger partial charge in [0.2, 0.25) is 5.91 Å². The van der Waals surface area contributed by atoms with Crippen molar-refractivity contribution in [3.63, 3.8) is 0 Å². The Balaban J connectivity index is 2.44. The van der Waals surface area contributed by atoms with Gasteiger partial charge in [0.15, 0.2) is 0 Å². The summed E-state index contributed by atoms with van der Waals surface area (Å²) in [5.74, 6) is -0.0524. The molecule has 0 bridgehead atoms. The Morgan fingerprint density at radius 3 is 2.48 bits per heavy atom. The average Bonchev–Trinajstić information content (AvgIpc) is 2.38. The van der Waals surface area contributed by atoms with Gasteiger partial charge < -0.3 is 14.7 Å². The van der Waals surface area contributed by atoms with Crippen LogP contribution in [0.4, 0.5) is 0 Å². The van der Waals surface area contributed by atoms with E-state index in [1.165, 1.54) is 0 Å². The Bertz CT molecular complexity index is 368. The van der Waals surface area contributed by atoms with Crippen LogP contribution in [0.5, 0.6) is 0 Å². The molecule has 1 saturated heterocycles. The smallest absolute Gasteiger partial charge is 0.246 e. The van der Waals surface area contributed by atoms with Crippen molar-refractivity contribution in [2.75, 3.05) is 46.4 Å². The molecule has 5 nitrogen and oxygen atoms in total. The molecule has 0 saturated carbocycles. The van der Waals surface area contributed by atoms with Crippen LogP contribution in [0.1, 0.15) is 27.7 Å². The standard InChI is InChI=1S/C16H30N2O3/c1-13(16(2,3)4)10-15(20)17(5)11-14(19)12-18-6-8-21-9-7-18/h10,14,19H,6-9,11-12H2,1-5H3/b13-10-. The second-order valence-corrected chi connectivity index (χ2v) is 6.86. The maximum absolute atomic E-state index is 12.1. The van der Waals surface area contributed by atoms with Gasteiger partial charge >= 0.3 is 0 Å². The van der Waals surface area contributed by atoms with Crippen molar-refractivity contribution in [2.45, 2.75) is 33.8 Å². The molecule has 0 aromatic carbocycles. The molecule has 21 heavy (non-hydrogen) atoms. The van der Waals surface area contributed by atoms with Gasteiger partial charge in [0.1, 0.15) is 0 Å². The number of hydrogen-bond acceptors (Lipinski definition) is 4. The zero-order valence-corrected chi connectivity index (χ0v) is 14.1. The Morgan fingerprint density at radius 2 is 1.95 bits per heavy atom. The fourth-order valence-corrected chi connectivity index (χ4v) is 2.06. The third-order valence-electron chi connectivity index (χ3n) is 3.96. The van der Waals surface area contributed by atoms with Crippen molar-refractivity contribution in [1.82, 2.24) is 9.80 Å². The van der Waals surface area contributed by atoms with E-state index in [2.05, 4.69) is 25.7 Å². The lowest BCUT2D eigenvalue weighted by Gasteiger charge is -2.30. The molecule has 1 aliphatic heterocycles. The summed E-state index contributed by atoms with van der Waals surface area (Å²) in [4.78, 5) is 15.9. The van der Waals surface area contributed by atoms with Gasteiger partial charge in [0, 0.05) is 39.3 Å². The van der Waals surface area contributed by atoms with Gasteiger partial charge in [0.25, 0.3) is 0 Å². The Labute approximate surface area is 128 Å². The highest BCUT2D eigenvalue weighted by molar-refractivity contribution is 5.88. The first-order valence-electron chi connectivity index (χ1n) is 7.62. The molecule has 122 valence electrons. The minimum Gasteiger partial charge on any atom is -0.390 e. The number of hydrogen-bond donors (Lipinski definition) is 1. The van der Waals surface area contributed by atoms with E-state index < -0.39 is 6.10 Å². The molecule has 1 atom stereocenters. The number of carbonyl (C=O) groups is 1. The molecule has 0 aromatic rings. The van der Waals surface area contributed by atoms with Crippen molar-refractivity contribution in [2.24, 2.45) is 5.41 Å². The van der Waals surface area contributed by atoms with E-state index in [9.17, 15) is 9.90 Å². The van der Waals surface area contributed by atoms with Crippen LogP contribution in [0.15, 0.2) is 11.6 Å². The third-order valence-corrected chi connectivity index (χ3v) is 3.96. The van der Waals surface area contributed by atoms with Crippen LogP contribution < -0.4 is 0 Å². The number of carbonyl (C=O) groups excluding carboxylic acids is 1. The van der Waals surface area contributed by atoms with Crippen molar-refractivity contribution in [1.29, 1.82) is 0 Å². The zero-order chi connectivity index (χ0) is 16.0. The molecule has 5 heteroatoms. The van der Waals surface area contributed by atoms with Crippen molar-refractivity contribution in [3.8, 4) is 0 Å². The number of allylic oxidation sites excluding steroid dienone is 1. The highest BCUT2D eigenvalue weighted by atomic mass is 16.5. The highest BCUT2D eigenvalue weighted by Gasteiger charge is 2.19. The Hall–Kier alpha value is -0.910. The molecule has 1 N–H and O–H groups in total. The van der Waals surface area contributed by atoms with Crippen LogP contribution in [0, 0.1) is 5.41 Å². The summed E-state index contributed by atoms with van der Waals surface area (Å²) in [5.41, 5.74) is 1.03. The van der Waals surface area contributed by atoms with Crippen LogP contribution in [-0.2, 0) is 9.53 Å².